The first-order valence-corrected chi connectivity index (χ1v) is 10.1. The Bertz CT molecular complexity index is 805. The normalized spacial score (nSPS) is 20.3. The SMILES string of the molecule is O=C(O)[C@H](Cc1ccc(O)cc1)NC(=O)C1(Sc2ccccc2)CCCNC1. The van der Waals surface area contributed by atoms with Crippen LogP contribution in [0.1, 0.15) is 18.4 Å². The lowest BCUT2D eigenvalue weighted by molar-refractivity contribution is -0.142. The summed E-state index contributed by atoms with van der Waals surface area (Å²) in [7, 11) is 0. The molecule has 2 atom stereocenters. The minimum atomic E-state index is -1.08. The van der Waals surface area contributed by atoms with Gasteiger partial charge in [0.15, 0.2) is 0 Å². The molecule has 4 N–H and O–H groups in total. The summed E-state index contributed by atoms with van der Waals surface area (Å²) < 4.78 is -0.748. The Labute approximate surface area is 168 Å². The van der Waals surface area contributed by atoms with E-state index in [1.54, 1.807) is 12.1 Å². The van der Waals surface area contributed by atoms with E-state index in [1.807, 2.05) is 30.3 Å². The topological polar surface area (TPSA) is 98.7 Å². The van der Waals surface area contributed by atoms with Gasteiger partial charge in [0.2, 0.25) is 5.91 Å². The largest absolute Gasteiger partial charge is 0.508 e. The van der Waals surface area contributed by atoms with Crippen LogP contribution in [0.3, 0.4) is 0 Å². The van der Waals surface area contributed by atoms with Gasteiger partial charge in [0.05, 0.1) is 0 Å². The zero-order chi connectivity index (χ0) is 20.0. The van der Waals surface area contributed by atoms with Gasteiger partial charge in [-0.2, -0.15) is 0 Å². The number of carboxylic acids is 1. The zero-order valence-corrected chi connectivity index (χ0v) is 16.2. The van der Waals surface area contributed by atoms with E-state index in [2.05, 4.69) is 10.6 Å². The van der Waals surface area contributed by atoms with Gasteiger partial charge in [0.1, 0.15) is 16.5 Å². The van der Waals surface area contributed by atoms with Crippen molar-refractivity contribution in [2.24, 2.45) is 0 Å². The van der Waals surface area contributed by atoms with E-state index in [4.69, 9.17) is 0 Å². The molecule has 3 rings (SSSR count). The summed E-state index contributed by atoms with van der Waals surface area (Å²) >= 11 is 1.48. The second kappa shape index (κ2) is 9.12. The second-order valence-electron chi connectivity index (χ2n) is 6.92. The van der Waals surface area contributed by atoms with Crippen LogP contribution in [0, 0.1) is 0 Å². The fraction of sp³-hybridized carbons (Fsp3) is 0.333. The fourth-order valence-electron chi connectivity index (χ4n) is 3.28. The highest BCUT2D eigenvalue weighted by atomic mass is 32.2. The number of carboxylic acid groups (broad SMARTS) is 1. The number of hydrogen-bond donors (Lipinski definition) is 4. The summed E-state index contributed by atoms with van der Waals surface area (Å²) in [6, 6.07) is 15.0. The molecule has 2 aromatic rings. The Kier molecular flexibility index (Phi) is 6.59. The van der Waals surface area contributed by atoms with Crippen LogP contribution in [-0.2, 0) is 16.0 Å². The van der Waals surface area contributed by atoms with Crippen LogP contribution in [0.4, 0.5) is 0 Å². The molecule has 1 heterocycles. The monoisotopic (exact) mass is 400 g/mol. The molecular formula is C21H24N2O4S. The molecule has 0 saturated carbocycles. The van der Waals surface area contributed by atoms with Crippen LogP contribution in [0.25, 0.3) is 0 Å². The maximum Gasteiger partial charge on any atom is 0.326 e. The number of rotatable bonds is 7. The summed E-state index contributed by atoms with van der Waals surface area (Å²) in [6.07, 6.45) is 1.68. The Balaban J connectivity index is 1.76. The van der Waals surface area contributed by atoms with E-state index in [0.29, 0.717) is 13.0 Å². The Morgan fingerprint density at radius 3 is 2.46 bits per heavy atom. The minimum absolute atomic E-state index is 0.117. The first-order valence-electron chi connectivity index (χ1n) is 9.25. The van der Waals surface area contributed by atoms with Crippen molar-refractivity contribution in [1.29, 1.82) is 0 Å². The van der Waals surface area contributed by atoms with E-state index in [0.717, 1.165) is 23.4 Å². The average Bonchev–Trinajstić information content (AvgIpc) is 2.70. The molecule has 0 bridgehead atoms. The highest BCUT2D eigenvalue weighted by Gasteiger charge is 2.42. The molecule has 28 heavy (non-hydrogen) atoms. The lowest BCUT2D eigenvalue weighted by Crippen LogP contribution is -2.57. The highest BCUT2D eigenvalue weighted by molar-refractivity contribution is 8.01. The van der Waals surface area contributed by atoms with Crippen molar-refractivity contribution < 1.29 is 19.8 Å². The number of phenols is 1. The standard InChI is InChI=1S/C21H24N2O4S/c24-16-9-7-15(8-10-16)13-18(19(25)26)23-20(27)21(11-4-12-22-14-21)28-17-5-2-1-3-6-17/h1-3,5-10,18,22,24H,4,11-14H2,(H,23,27)(H,25,26)/t18-,21?/m0/s1. The molecular weight excluding hydrogens is 376 g/mol. The van der Waals surface area contributed by atoms with Crippen molar-refractivity contribution in [3.8, 4) is 5.75 Å². The van der Waals surface area contributed by atoms with Crippen LogP contribution in [0.2, 0.25) is 0 Å². The van der Waals surface area contributed by atoms with Crippen LogP contribution >= 0.6 is 11.8 Å². The summed E-state index contributed by atoms with van der Waals surface area (Å²) in [6.45, 7) is 1.34. The fourth-order valence-corrected chi connectivity index (χ4v) is 4.59. The first kappa shape index (κ1) is 20.2. The van der Waals surface area contributed by atoms with E-state index in [-0.39, 0.29) is 18.1 Å². The number of nitrogens with one attached hydrogen (secondary N) is 2. The molecule has 1 aliphatic heterocycles. The number of aliphatic carboxylic acids is 1. The third-order valence-electron chi connectivity index (χ3n) is 4.79. The van der Waals surface area contributed by atoms with Crippen LogP contribution in [0.5, 0.6) is 5.75 Å². The third-order valence-corrected chi connectivity index (χ3v) is 6.23. The third kappa shape index (κ3) is 5.05. The van der Waals surface area contributed by atoms with E-state index >= 15 is 0 Å². The van der Waals surface area contributed by atoms with Gasteiger partial charge < -0.3 is 20.8 Å². The predicted molar refractivity (Wildman–Crippen MR) is 109 cm³/mol. The van der Waals surface area contributed by atoms with E-state index < -0.39 is 16.8 Å². The molecule has 0 aliphatic carbocycles. The van der Waals surface area contributed by atoms with Gasteiger partial charge in [-0.15, -0.1) is 11.8 Å². The summed E-state index contributed by atoms with van der Waals surface area (Å²) in [5.41, 5.74) is 0.733. The van der Waals surface area contributed by atoms with Crippen LogP contribution < -0.4 is 10.6 Å². The lowest BCUT2D eigenvalue weighted by Gasteiger charge is -2.36. The summed E-state index contributed by atoms with van der Waals surface area (Å²) in [5, 5.41) is 25.0. The molecule has 6 nitrogen and oxygen atoms in total. The van der Waals surface area contributed by atoms with Crippen LogP contribution in [0.15, 0.2) is 59.5 Å². The number of amides is 1. The number of hydrogen-bond acceptors (Lipinski definition) is 5. The van der Waals surface area contributed by atoms with Crippen molar-refractivity contribution in [2.75, 3.05) is 13.1 Å². The number of carbonyl (C=O) groups is 2. The molecule has 1 fully saturated rings. The van der Waals surface area contributed by atoms with Crippen LogP contribution in [-0.4, -0.2) is 46.0 Å². The number of benzene rings is 2. The minimum Gasteiger partial charge on any atom is -0.508 e. The molecule has 0 radical (unpaired) electrons. The van der Waals surface area contributed by atoms with Crippen molar-refractivity contribution in [3.05, 3.63) is 60.2 Å². The van der Waals surface area contributed by atoms with Gasteiger partial charge in [0, 0.05) is 17.9 Å². The first-order chi connectivity index (χ1) is 13.5. The number of aromatic hydroxyl groups is 1. The molecule has 1 amide bonds. The summed E-state index contributed by atoms with van der Waals surface area (Å²) in [5.74, 6) is -1.23. The van der Waals surface area contributed by atoms with Crippen molar-refractivity contribution in [3.63, 3.8) is 0 Å². The Hall–Kier alpha value is -2.51. The molecule has 7 heteroatoms. The van der Waals surface area contributed by atoms with Gasteiger partial charge in [-0.05, 0) is 49.2 Å². The number of thioether (sulfide) groups is 1. The number of piperidine rings is 1. The Morgan fingerprint density at radius 1 is 1.14 bits per heavy atom. The van der Waals surface area contributed by atoms with Crippen molar-refractivity contribution in [2.45, 2.75) is 34.9 Å². The quantitative estimate of drug-likeness (QED) is 0.570. The maximum atomic E-state index is 13.2. The van der Waals surface area contributed by atoms with Gasteiger partial charge in [0.25, 0.3) is 0 Å². The molecule has 148 valence electrons. The molecule has 0 spiro atoms. The lowest BCUT2D eigenvalue weighted by atomic mass is 9.96. The predicted octanol–water partition coefficient (Wildman–Crippen LogP) is 2.42. The van der Waals surface area contributed by atoms with Gasteiger partial charge in [-0.25, -0.2) is 4.79 Å². The van der Waals surface area contributed by atoms with E-state index in [1.165, 1.54) is 23.9 Å². The van der Waals surface area contributed by atoms with Crippen molar-refractivity contribution in [1.82, 2.24) is 10.6 Å². The zero-order valence-electron chi connectivity index (χ0n) is 15.4. The van der Waals surface area contributed by atoms with E-state index in [9.17, 15) is 19.8 Å². The summed E-state index contributed by atoms with van der Waals surface area (Å²) in [4.78, 5) is 26.0. The van der Waals surface area contributed by atoms with Gasteiger partial charge in [-0.3, -0.25) is 4.79 Å². The number of phenolic OH excluding ortho intramolecular Hbond substituents is 1. The smallest absolute Gasteiger partial charge is 0.326 e. The molecule has 1 unspecified atom stereocenters. The average molecular weight is 401 g/mol. The molecule has 1 aliphatic rings. The van der Waals surface area contributed by atoms with Gasteiger partial charge in [-0.1, -0.05) is 30.3 Å². The Morgan fingerprint density at radius 2 is 1.86 bits per heavy atom. The molecule has 1 saturated heterocycles. The maximum absolute atomic E-state index is 13.2. The molecule has 0 aromatic heterocycles. The molecule has 2 aromatic carbocycles. The van der Waals surface area contributed by atoms with Gasteiger partial charge >= 0.3 is 5.97 Å². The van der Waals surface area contributed by atoms with Crippen molar-refractivity contribution >= 4 is 23.6 Å². The number of carbonyl (C=O) groups excluding carboxylic acids is 1. The second-order valence-corrected chi connectivity index (χ2v) is 8.38. The highest BCUT2D eigenvalue weighted by Crippen LogP contribution is 2.38.